The molecule has 1 atom stereocenters. The van der Waals surface area contributed by atoms with Crippen molar-refractivity contribution in [3.8, 4) is 11.3 Å². The number of unbranched alkanes of at least 4 members (excludes halogenated alkanes) is 2. The first kappa shape index (κ1) is 28.6. The van der Waals surface area contributed by atoms with Crippen LogP contribution in [0.1, 0.15) is 83.1 Å². The van der Waals surface area contributed by atoms with Crippen molar-refractivity contribution in [3.05, 3.63) is 60.2 Å². The van der Waals surface area contributed by atoms with Gasteiger partial charge >= 0.3 is 0 Å². The maximum absolute atomic E-state index is 13.4. The molecule has 6 nitrogen and oxygen atoms in total. The molecule has 2 amide bonds. The maximum atomic E-state index is 13.4. The van der Waals surface area contributed by atoms with Gasteiger partial charge in [0.25, 0.3) is 0 Å². The van der Waals surface area contributed by atoms with Crippen LogP contribution in [0.2, 0.25) is 0 Å². The van der Waals surface area contributed by atoms with Crippen LogP contribution in [0.15, 0.2) is 54.6 Å². The van der Waals surface area contributed by atoms with Crippen LogP contribution in [0, 0.1) is 5.92 Å². The van der Waals surface area contributed by atoms with Crippen LogP contribution in [0.5, 0.6) is 0 Å². The van der Waals surface area contributed by atoms with E-state index in [2.05, 4.69) is 39.9 Å². The number of para-hydroxylation sites is 1. The predicted molar refractivity (Wildman–Crippen MR) is 157 cm³/mol. The molecule has 3 aromatic rings. The molecule has 39 heavy (non-hydrogen) atoms. The Balaban J connectivity index is 1.40. The molecule has 0 radical (unpaired) electrons. The van der Waals surface area contributed by atoms with E-state index in [9.17, 15) is 14.4 Å². The maximum Gasteiger partial charge on any atom is 0.242 e. The summed E-state index contributed by atoms with van der Waals surface area (Å²) < 4.78 is 0. The molecular weight excluding hydrogens is 486 g/mol. The standard InChI is InChI=1S/C33H43N3O3/c1-24(37)14-6-4-11-21-30(36-32(38)26-17-7-2-3-8-18-26)33(39)34-23-22-28-27-19-12-13-20-29(27)35-31(28)25-15-9-5-10-16-25/h5,9-10,12-13,15-16,19-20,26,30,35H,2-4,6-8,11,14,17-18,21-23H2,1H3,(H,34,39)(H,36,38)/t30-/m0/s1. The molecule has 0 saturated heterocycles. The number of H-pyrrole nitrogens is 1. The second kappa shape index (κ2) is 14.7. The van der Waals surface area contributed by atoms with Crippen molar-refractivity contribution in [2.24, 2.45) is 5.92 Å². The molecule has 1 heterocycles. The van der Waals surface area contributed by atoms with Crippen LogP contribution in [-0.2, 0) is 20.8 Å². The lowest BCUT2D eigenvalue weighted by Gasteiger charge is -2.22. The van der Waals surface area contributed by atoms with Crippen molar-refractivity contribution in [1.29, 1.82) is 0 Å². The molecular formula is C33H43N3O3. The van der Waals surface area contributed by atoms with Crippen molar-refractivity contribution < 1.29 is 14.4 Å². The van der Waals surface area contributed by atoms with Crippen LogP contribution in [-0.4, -0.2) is 35.2 Å². The number of fused-ring (bicyclic) bond motifs is 1. The Morgan fingerprint density at radius 2 is 1.62 bits per heavy atom. The molecule has 1 aliphatic carbocycles. The lowest BCUT2D eigenvalue weighted by atomic mass is 9.98. The number of carbonyl (C=O) groups excluding carboxylic acids is 3. The topological polar surface area (TPSA) is 91.1 Å². The Bertz CT molecular complexity index is 1230. The van der Waals surface area contributed by atoms with E-state index < -0.39 is 6.04 Å². The second-order valence-electron chi connectivity index (χ2n) is 11.0. The third-order valence-corrected chi connectivity index (χ3v) is 7.93. The number of benzene rings is 2. The van der Waals surface area contributed by atoms with Gasteiger partial charge in [0.1, 0.15) is 11.8 Å². The molecule has 1 fully saturated rings. The molecule has 6 heteroatoms. The van der Waals surface area contributed by atoms with Crippen molar-refractivity contribution in [2.45, 2.75) is 90.0 Å². The van der Waals surface area contributed by atoms with Gasteiger partial charge < -0.3 is 20.4 Å². The molecule has 2 aromatic carbocycles. The first-order valence-corrected chi connectivity index (χ1v) is 14.8. The van der Waals surface area contributed by atoms with E-state index in [1.165, 1.54) is 18.4 Å². The van der Waals surface area contributed by atoms with E-state index in [1.54, 1.807) is 6.92 Å². The Morgan fingerprint density at radius 1 is 0.897 bits per heavy atom. The zero-order valence-corrected chi connectivity index (χ0v) is 23.3. The highest BCUT2D eigenvalue weighted by molar-refractivity contribution is 5.91. The molecule has 0 spiro atoms. The number of carbonyl (C=O) groups is 3. The van der Waals surface area contributed by atoms with Crippen LogP contribution < -0.4 is 10.6 Å². The van der Waals surface area contributed by atoms with Crippen LogP contribution in [0.25, 0.3) is 22.2 Å². The van der Waals surface area contributed by atoms with Gasteiger partial charge in [0.05, 0.1) is 0 Å². The highest BCUT2D eigenvalue weighted by Gasteiger charge is 2.26. The van der Waals surface area contributed by atoms with E-state index >= 15 is 0 Å². The van der Waals surface area contributed by atoms with Gasteiger partial charge in [-0.25, -0.2) is 0 Å². The fraction of sp³-hybridized carbons (Fsp3) is 0.485. The normalized spacial score (nSPS) is 15.0. The lowest BCUT2D eigenvalue weighted by Crippen LogP contribution is -2.48. The molecule has 4 rings (SSSR count). The van der Waals surface area contributed by atoms with E-state index in [0.717, 1.165) is 67.1 Å². The van der Waals surface area contributed by atoms with Crippen molar-refractivity contribution in [1.82, 2.24) is 15.6 Å². The van der Waals surface area contributed by atoms with Gasteiger partial charge in [-0.2, -0.15) is 0 Å². The number of aromatic amines is 1. The Kier molecular flexibility index (Phi) is 10.8. The number of nitrogens with one attached hydrogen (secondary N) is 3. The fourth-order valence-electron chi connectivity index (χ4n) is 5.74. The summed E-state index contributed by atoms with van der Waals surface area (Å²) in [5.74, 6) is 0.0895. The van der Waals surface area contributed by atoms with Gasteiger partial charge in [-0.05, 0) is 56.2 Å². The average Bonchev–Trinajstić information content (AvgIpc) is 3.09. The summed E-state index contributed by atoms with van der Waals surface area (Å²) in [6.07, 6.45) is 10.7. The Hall–Kier alpha value is -3.41. The van der Waals surface area contributed by atoms with Crippen LogP contribution in [0.3, 0.4) is 0 Å². The summed E-state index contributed by atoms with van der Waals surface area (Å²) in [5, 5.41) is 7.38. The monoisotopic (exact) mass is 529 g/mol. The average molecular weight is 530 g/mol. The summed E-state index contributed by atoms with van der Waals surface area (Å²) in [5.41, 5.74) is 4.46. The minimum Gasteiger partial charge on any atom is -0.354 e. The van der Waals surface area contributed by atoms with E-state index in [-0.39, 0.29) is 23.5 Å². The van der Waals surface area contributed by atoms with Gasteiger partial charge in [0.15, 0.2) is 0 Å². The molecule has 1 saturated carbocycles. The molecule has 0 bridgehead atoms. The third kappa shape index (κ3) is 8.29. The second-order valence-corrected chi connectivity index (χ2v) is 11.0. The molecule has 208 valence electrons. The first-order valence-electron chi connectivity index (χ1n) is 14.8. The van der Waals surface area contributed by atoms with Crippen LogP contribution >= 0.6 is 0 Å². The van der Waals surface area contributed by atoms with Crippen molar-refractivity contribution in [2.75, 3.05) is 6.54 Å². The summed E-state index contributed by atoms with van der Waals surface area (Å²) in [4.78, 5) is 41.3. The minimum atomic E-state index is -0.547. The summed E-state index contributed by atoms with van der Waals surface area (Å²) in [6.45, 7) is 2.10. The SMILES string of the molecule is CC(=O)CCCCC[C@H](NC(=O)C1CCCCCC1)C(=O)NCCc1c(-c2ccccc2)[nH]c2ccccc12. The van der Waals surface area contributed by atoms with Gasteiger partial charge in [0, 0.05) is 35.5 Å². The summed E-state index contributed by atoms with van der Waals surface area (Å²) in [6, 6.07) is 18.0. The number of ketones is 1. The quantitative estimate of drug-likeness (QED) is 0.175. The lowest BCUT2D eigenvalue weighted by molar-refractivity contribution is -0.131. The highest BCUT2D eigenvalue weighted by Crippen LogP contribution is 2.30. The third-order valence-electron chi connectivity index (χ3n) is 7.93. The zero-order valence-electron chi connectivity index (χ0n) is 23.3. The Labute approximate surface area is 232 Å². The minimum absolute atomic E-state index is 0.000152. The number of amides is 2. The first-order chi connectivity index (χ1) is 19.0. The number of rotatable bonds is 13. The van der Waals surface area contributed by atoms with Gasteiger partial charge in [-0.15, -0.1) is 0 Å². The Morgan fingerprint density at radius 3 is 2.36 bits per heavy atom. The van der Waals surface area contributed by atoms with Gasteiger partial charge in [-0.1, -0.05) is 87.1 Å². The summed E-state index contributed by atoms with van der Waals surface area (Å²) >= 11 is 0. The van der Waals surface area contributed by atoms with E-state index in [0.29, 0.717) is 25.8 Å². The number of hydrogen-bond donors (Lipinski definition) is 3. The summed E-state index contributed by atoms with van der Waals surface area (Å²) in [7, 11) is 0. The van der Waals surface area contributed by atoms with Crippen LogP contribution in [0.4, 0.5) is 0 Å². The number of aromatic nitrogens is 1. The van der Waals surface area contributed by atoms with Crippen molar-refractivity contribution >= 4 is 28.5 Å². The number of hydrogen-bond acceptors (Lipinski definition) is 3. The van der Waals surface area contributed by atoms with Gasteiger partial charge in [-0.3, -0.25) is 9.59 Å². The van der Waals surface area contributed by atoms with Crippen molar-refractivity contribution in [3.63, 3.8) is 0 Å². The predicted octanol–water partition coefficient (Wildman–Crippen LogP) is 6.49. The fourth-order valence-corrected chi connectivity index (χ4v) is 5.74. The molecule has 0 aliphatic heterocycles. The smallest absolute Gasteiger partial charge is 0.242 e. The highest BCUT2D eigenvalue weighted by atomic mass is 16.2. The molecule has 0 unspecified atom stereocenters. The zero-order chi connectivity index (χ0) is 27.5. The molecule has 1 aliphatic rings. The largest absolute Gasteiger partial charge is 0.354 e. The van der Waals surface area contributed by atoms with E-state index in [4.69, 9.17) is 0 Å². The molecule has 1 aromatic heterocycles. The van der Waals surface area contributed by atoms with E-state index in [1.807, 2.05) is 30.3 Å². The van der Waals surface area contributed by atoms with Gasteiger partial charge in [0.2, 0.25) is 11.8 Å². The molecule has 3 N–H and O–H groups in total. The number of Topliss-reactive ketones (excluding diaryl/α,β-unsaturated/α-hetero) is 1.